The Morgan fingerprint density at radius 1 is 1.33 bits per heavy atom. The van der Waals surface area contributed by atoms with Crippen LogP contribution in [0, 0.1) is 0 Å². The second-order valence-electron chi connectivity index (χ2n) is 4.76. The van der Waals surface area contributed by atoms with Crippen molar-refractivity contribution in [3.63, 3.8) is 0 Å². The molecule has 5 nitrogen and oxygen atoms in total. The Morgan fingerprint density at radius 2 is 2.24 bits per heavy atom. The fourth-order valence-corrected chi connectivity index (χ4v) is 4.54. The first kappa shape index (κ1) is 14.3. The molecule has 110 valence electrons. The van der Waals surface area contributed by atoms with E-state index in [-0.39, 0.29) is 11.5 Å². The van der Waals surface area contributed by atoms with Gasteiger partial charge in [0.1, 0.15) is 5.69 Å². The lowest BCUT2D eigenvalue weighted by Gasteiger charge is -2.19. The zero-order chi connectivity index (χ0) is 14.7. The van der Waals surface area contributed by atoms with Crippen molar-refractivity contribution in [3.8, 4) is 0 Å². The Kier molecular flexibility index (Phi) is 4.40. The van der Waals surface area contributed by atoms with Crippen molar-refractivity contribution in [1.82, 2.24) is 15.1 Å². The maximum absolute atomic E-state index is 12.4. The summed E-state index contributed by atoms with van der Waals surface area (Å²) in [4.78, 5) is 26.6. The second-order valence-corrected chi connectivity index (χ2v) is 7.05. The zero-order valence-corrected chi connectivity index (χ0v) is 13.0. The van der Waals surface area contributed by atoms with Crippen LogP contribution in [0.15, 0.2) is 34.4 Å². The Balaban J connectivity index is 1.68. The highest BCUT2D eigenvalue weighted by molar-refractivity contribution is 7.99. The molecule has 1 aliphatic rings. The van der Waals surface area contributed by atoms with Crippen LogP contribution in [0.2, 0.25) is 0 Å². The van der Waals surface area contributed by atoms with Crippen LogP contribution in [0.1, 0.15) is 27.0 Å². The van der Waals surface area contributed by atoms with Gasteiger partial charge < -0.3 is 4.90 Å². The predicted octanol–water partition coefficient (Wildman–Crippen LogP) is 2.15. The van der Waals surface area contributed by atoms with Gasteiger partial charge in [-0.1, -0.05) is 6.07 Å². The highest BCUT2D eigenvalue weighted by Gasteiger charge is 2.24. The molecule has 0 spiro atoms. The van der Waals surface area contributed by atoms with Crippen LogP contribution in [-0.4, -0.2) is 39.8 Å². The molecular weight excluding hydrogens is 306 g/mol. The third-order valence-corrected chi connectivity index (χ3v) is 5.83. The van der Waals surface area contributed by atoms with Crippen molar-refractivity contribution in [2.24, 2.45) is 0 Å². The summed E-state index contributed by atoms with van der Waals surface area (Å²) in [5.74, 6) is 0.802. The van der Waals surface area contributed by atoms with Crippen molar-refractivity contribution in [3.05, 3.63) is 50.6 Å². The quantitative estimate of drug-likeness (QED) is 0.920. The minimum atomic E-state index is -0.296. The number of aromatic nitrogens is 2. The smallest absolute Gasteiger partial charge is 0.274 e. The van der Waals surface area contributed by atoms with E-state index in [0.717, 1.165) is 18.7 Å². The van der Waals surface area contributed by atoms with Crippen LogP contribution in [0.25, 0.3) is 0 Å². The summed E-state index contributed by atoms with van der Waals surface area (Å²) in [7, 11) is 0. The number of carbonyl (C=O) groups excluding carboxylic acids is 1. The first-order valence-electron chi connectivity index (χ1n) is 6.74. The number of thiophene rings is 1. The van der Waals surface area contributed by atoms with Gasteiger partial charge in [0.15, 0.2) is 0 Å². The first-order valence-corrected chi connectivity index (χ1v) is 8.67. The molecule has 3 heterocycles. The van der Waals surface area contributed by atoms with Gasteiger partial charge in [-0.25, -0.2) is 5.10 Å². The molecule has 7 heteroatoms. The van der Waals surface area contributed by atoms with E-state index in [2.05, 4.69) is 27.7 Å². The number of aromatic amines is 1. The fourth-order valence-electron chi connectivity index (χ4n) is 2.30. The van der Waals surface area contributed by atoms with E-state index >= 15 is 0 Å². The predicted molar refractivity (Wildman–Crippen MR) is 84.9 cm³/mol. The molecule has 0 aliphatic carbocycles. The number of nitrogens with one attached hydrogen (secondary N) is 1. The van der Waals surface area contributed by atoms with E-state index in [1.165, 1.54) is 17.0 Å². The van der Waals surface area contributed by atoms with Crippen molar-refractivity contribution in [2.75, 3.05) is 18.8 Å². The number of carbonyl (C=O) groups is 1. The highest BCUT2D eigenvalue weighted by Crippen LogP contribution is 2.36. The van der Waals surface area contributed by atoms with Gasteiger partial charge in [-0.2, -0.15) is 16.9 Å². The third-order valence-electron chi connectivity index (χ3n) is 3.39. The summed E-state index contributed by atoms with van der Waals surface area (Å²) in [5.41, 5.74) is 0.00454. The molecule has 3 rings (SSSR count). The number of amides is 1. The van der Waals surface area contributed by atoms with E-state index in [1.807, 2.05) is 16.7 Å². The maximum Gasteiger partial charge on any atom is 0.274 e. The molecule has 1 saturated heterocycles. The Bertz CT molecular complexity index is 649. The Hall–Kier alpha value is -1.60. The van der Waals surface area contributed by atoms with Gasteiger partial charge in [0.05, 0.1) is 0 Å². The summed E-state index contributed by atoms with van der Waals surface area (Å²) >= 11 is 3.67. The molecule has 1 N–H and O–H groups in total. The van der Waals surface area contributed by atoms with Crippen LogP contribution in [-0.2, 0) is 0 Å². The lowest BCUT2D eigenvalue weighted by Crippen LogP contribution is -2.34. The lowest BCUT2D eigenvalue weighted by atomic mass is 10.2. The van der Waals surface area contributed by atoms with Gasteiger partial charge in [0.25, 0.3) is 11.5 Å². The topological polar surface area (TPSA) is 66.1 Å². The average Bonchev–Trinajstić information content (AvgIpc) is 2.92. The molecule has 1 atom stereocenters. The molecule has 2 aromatic heterocycles. The van der Waals surface area contributed by atoms with Gasteiger partial charge in [-0.3, -0.25) is 9.59 Å². The highest BCUT2D eigenvalue weighted by atomic mass is 32.2. The number of rotatable bonds is 2. The summed E-state index contributed by atoms with van der Waals surface area (Å²) in [6, 6.07) is 7.04. The second kappa shape index (κ2) is 6.44. The van der Waals surface area contributed by atoms with E-state index in [4.69, 9.17) is 0 Å². The van der Waals surface area contributed by atoms with Crippen LogP contribution in [0.4, 0.5) is 0 Å². The standard InChI is InChI=1S/C14H15N3O2S2/c18-13-4-3-10(15-16-13)14(19)17-6-5-12(21-9-7-17)11-2-1-8-20-11/h1-4,8,12H,5-7,9H2,(H,16,18). The number of hydrogen-bond donors (Lipinski definition) is 1. The molecule has 1 unspecified atom stereocenters. The van der Waals surface area contributed by atoms with Gasteiger partial charge >= 0.3 is 0 Å². The van der Waals surface area contributed by atoms with E-state index in [0.29, 0.717) is 17.5 Å². The minimum absolute atomic E-state index is 0.112. The molecule has 1 aliphatic heterocycles. The Labute approximate surface area is 130 Å². The minimum Gasteiger partial charge on any atom is -0.336 e. The average molecular weight is 321 g/mol. The van der Waals surface area contributed by atoms with Crippen LogP contribution in [0.3, 0.4) is 0 Å². The van der Waals surface area contributed by atoms with E-state index < -0.39 is 0 Å². The molecule has 2 aromatic rings. The van der Waals surface area contributed by atoms with Gasteiger partial charge in [-0.05, 0) is 23.9 Å². The van der Waals surface area contributed by atoms with Crippen molar-refractivity contribution in [1.29, 1.82) is 0 Å². The third kappa shape index (κ3) is 3.36. The molecular formula is C14H15N3O2S2. The molecule has 0 radical (unpaired) electrons. The molecule has 21 heavy (non-hydrogen) atoms. The molecule has 0 aromatic carbocycles. The zero-order valence-electron chi connectivity index (χ0n) is 11.3. The summed E-state index contributed by atoms with van der Waals surface area (Å²) in [6.45, 7) is 1.43. The van der Waals surface area contributed by atoms with Gasteiger partial charge in [-0.15, -0.1) is 11.3 Å². The summed E-state index contributed by atoms with van der Waals surface area (Å²) in [6.07, 6.45) is 0.945. The molecule has 1 fully saturated rings. The molecule has 1 amide bonds. The fraction of sp³-hybridized carbons (Fsp3) is 0.357. The molecule has 0 saturated carbocycles. The first-order chi connectivity index (χ1) is 10.2. The van der Waals surface area contributed by atoms with Crippen molar-refractivity contribution < 1.29 is 4.79 Å². The number of thioether (sulfide) groups is 1. The lowest BCUT2D eigenvalue weighted by molar-refractivity contribution is 0.0759. The van der Waals surface area contributed by atoms with E-state index in [9.17, 15) is 9.59 Å². The van der Waals surface area contributed by atoms with Crippen LogP contribution >= 0.6 is 23.1 Å². The van der Waals surface area contributed by atoms with Gasteiger partial charge in [0, 0.05) is 35.0 Å². The number of hydrogen-bond acceptors (Lipinski definition) is 5. The molecule has 0 bridgehead atoms. The summed E-state index contributed by atoms with van der Waals surface area (Å²) in [5, 5.41) is 8.68. The van der Waals surface area contributed by atoms with Crippen LogP contribution in [0.5, 0.6) is 0 Å². The monoisotopic (exact) mass is 321 g/mol. The van der Waals surface area contributed by atoms with Crippen molar-refractivity contribution >= 4 is 29.0 Å². The summed E-state index contributed by atoms with van der Waals surface area (Å²) < 4.78 is 0. The number of H-pyrrole nitrogens is 1. The van der Waals surface area contributed by atoms with E-state index in [1.54, 1.807) is 11.3 Å². The van der Waals surface area contributed by atoms with Crippen molar-refractivity contribution in [2.45, 2.75) is 11.7 Å². The maximum atomic E-state index is 12.4. The number of nitrogens with zero attached hydrogens (tertiary/aromatic N) is 2. The largest absolute Gasteiger partial charge is 0.336 e. The Morgan fingerprint density at radius 3 is 2.95 bits per heavy atom. The SMILES string of the molecule is O=C(c1ccc(=O)[nH]n1)N1CCSC(c2cccs2)CC1. The van der Waals surface area contributed by atoms with Gasteiger partial charge in [0.2, 0.25) is 0 Å². The normalized spacial score (nSPS) is 19.2. The van der Waals surface area contributed by atoms with Crippen LogP contribution < -0.4 is 5.56 Å².